The minimum Gasteiger partial charge on any atom is -0.310 e. The molecule has 2 aliphatic carbocycles. The summed E-state index contributed by atoms with van der Waals surface area (Å²) in [4.78, 5) is 2.51. The van der Waals surface area contributed by atoms with E-state index < -0.39 is 10.8 Å². The average Bonchev–Trinajstić information content (AvgIpc) is 3.85. The van der Waals surface area contributed by atoms with Crippen LogP contribution in [-0.4, -0.2) is 0 Å². The van der Waals surface area contributed by atoms with Crippen molar-refractivity contribution in [3.63, 3.8) is 0 Å². The fourth-order valence-corrected chi connectivity index (χ4v) is 11.6. The molecule has 0 saturated heterocycles. The molecule has 0 heterocycles. The summed E-state index contributed by atoms with van der Waals surface area (Å²) < 4.78 is 0. The van der Waals surface area contributed by atoms with Gasteiger partial charge in [-0.2, -0.15) is 0 Å². The first-order valence-electron chi connectivity index (χ1n) is 23.0. The van der Waals surface area contributed by atoms with Gasteiger partial charge < -0.3 is 4.90 Å². The van der Waals surface area contributed by atoms with Gasteiger partial charge in [-0.1, -0.05) is 231 Å². The van der Waals surface area contributed by atoms with Gasteiger partial charge in [-0.15, -0.1) is 0 Å². The maximum Gasteiger partial charge on any atom is 0.0714 e. The van der Waals surface area contributed by atoms with Crippen LogP contribution in [0.15, 0.2) is 267 Å². The van der Waals surface area contributed by atoms with Crippen LogP contribution >= 0.6 is 0 Å². The minimum atomic E-state index is -0.642. The van der Waals surface area contributed by atoms with E-state index in [-0.39, 0.29) is 0 Å². The van der Waals surface area contributed by atoms with E-state index in [0.717, 1.165) is 22.6 Å². The van der Waals surface area contributed by atoms with Gasteiger partial charge in [-0.3, -0.25) is 0 Å². The summed E-state index contributed by atoms with van der Waals surface area (Å²) in [6, 6.07) is 85.5. The Morgan fingerprint density at radius 2 is 0.939 bits per heavy atom. The zero-order valence-electron chi connectivity index (χ0n) is 36.9. The zero-order valence-corrected chi connectivity index (χ0v) is 36.9. The summed E-state index contributed by atoms with van der Waals surface area (Å²) in [6.07, 6.45) is 8.48. The van der Waals surface area contributed by atoms with Crippen molar-refractivity contribution < 1.29 is 0 Å². The van der Waals surface area contributed by atoms with Crippen LogP contribution in [0.4, 0.5) is 17.1 Å². The highest BCUT2D eigenvalue weighted by atomic mass is 15.1. The largest absolute Gasteiger partial charge is 0.310 e. The fourth-order valence-electron chi connectivity index (χ4n) is 11.6. The molecule has 1 unspecified atom stereocenters. The lowest BCUT2D eigenvalue weighted by Gasteiger charge is -2.36. The second kappa shape index (κ2) is 15.8. The van der Waals surface area contributed by atoms with Crippen LogP contribution in [0.25, 0.3) is 43.8 Å². The molecule has 0 bridgehead atoms. The van der Waals surface area contributed by atoms with Gasteiger partial charge >= 0.3 is 0 Å². The number of anilines is 3. The van der Waals surface area contributed by atoms with E-state index >= 15 is 0 Å². The van der Waals surface area contributed by atoms with E-state index in [1.54, 1.807) is 0 Å². The first kappa shape index (κ1) is 39.3. The molecule has 10 aromatic rings. The van der Waals surface area contributed by atoms with Crippen LogP contribution in [0.2, 0.25) is 0 Å². The lowest BCUT2D eigenvalue weighted by molar-refractivity contribution is 0.768. The fraction of sp³-hybridized carbons (Fsp3) is 0.0462. The molecule has 1 atom stereocenters. The van der Waals surface area contributed by atoms with Crippen molar-refractivity contribution in [3.05, 3.63) is 306 Å². The van der Waals surface area contributed by atoms with Gasteiger partial charge in [-0.05, 0) is 120 Å². The van der Waals surface area contributed by atoms with Gasteiger partial charge in [0, 0.05) is 16.8 Å². The number of allylic oxidation sites excluding steroid dienone is 5. The third-order valence-electron chi connectivity index (χ3n) is 14.3. The summed E-state index contributed by atoms with van der Waals surface area (Å²) in [6.45, 7) is 6.97. The Morgan fingerprint density at radius 1 is 0.409 bits per heavy atom. The number of nitrogens with zero attached hydrogens (tertiary/aromatic N) is 1. The van der Waals surface area contributed by atoms with E-state index in [4.69, 9.17) is 6.58 Å². The molecule has 2 aliphatic rings. The van der Waals surface area contributed by atoms with Crippen molar-refractivity contribution in [1.82, 2.24) is 0 Å². The highest BCUT2D eigenvalue weighted by Crippen LogP contribution is 2.60. The first-order valence-corrected chi connectivity index (χ1v) is 23.0. The Balaban J connectivity index is 1.17. The predicted octanol–water partition coefficient (Wildman–Crippen LogP) is 16.8. The summed E-state index contributed by atoms with van der Waals surface area (Å²) in [5.41, 5.74) is 16.8. The lowest BCUT2D eigenvalue weighted by Crippen LogP contribution is -2.29. The Bertz CT molecular complexity index is 3520. The topological polar surface area (TPSA) is 3.24 Å². The van der Waals surface area contributed by atoms with Crippen LogP contribution in [0, 0.1) is 0 Å². The van der Waals surface area contributed by atoms with E-state index in [0.29, 0.717) is 0 Å². The maximum atomic E-state index is 4.91. The second-order valence-electron chi connectivity index (χ2n) is 17.6. The maximum absolute atomic E-state index is 4.91. The highest BCUT2D eigenvalue weighted by Gasteiger charge is 2.48. The van der Waals surface area contributed by atoms with Crippen LogP contribution in [0.1, 0.15) is 45.9 Å². The van der Waals surface area contributed by atoms with Gasteiger partial charge in [0.1, 0.15) is 0 Å². The first-order chi connectivity index (χ1) is 32.6. The van der Waals surface area contributed by atoms with Crippen molar-refractivity contribution >= 4 is 38.6 Å². The number of hydrogen-bond donors (Lipinski definition) is 0. The summed E-state index contributed by atoms with van der Waals surface area (Å²) in [5.74, 6) is 0. The van der Waals surface area contributed by atoms with E-state index in [1.165, 1.54) is 82.7 Å². The Hall–Kier alpha value is -8.26. The average molecular weight is 842 g/mol. The molecule has 0 aromatic heterocycles. The zero-order chi connectivity index (χ0) is 44.2. The van der Waals surface area contributed by atoms with E-state index in [1.807, 2.05) is 0 Å². The molecule has 0 N–H and O–H groups in total. The predicted molar refractivity (Wildman–Crippen MR) is 278 cm³/mol. The van der Waals surface area contributed by atoms with Gasteiger partial charge in [-0.25, -0.2) is 0 Å². The summed E-state index contributed by atoms with van der Waals surface area (Å²) >= 11 is 0. The van der Waals surface area contributed by atoms with Crippen molar-refractivity contribution in [1.29, 1.82) is 0 Å². The Labute approximate surface area is 387 Å². The van der Waals surface area contributed by atoms with Crippen molar-refractivity contribution in [2.45, 2.75) is 17.8 Å². The van der Waals surface area contributed by atoms with Crippen LogP contribution in [-0.2, 0) is 10.8 Å². The Kier molecular flexibility index (Phi) is 9.40. The Morgan fingerprint density at radius 3 is 1.62 bits per heavy atom. The minimum absolute atomic E-state index is 0.551. The molecule has 0 spiro atoms. The van der Waals surface area contributed by atoms with Gasteiger partial charge in [0.25, 0.3) is 0 Å². The number of rotatable bonds is 9. The van der Waals surface area contributed by atoms with Crippen LogP contribution in [0.3, 0.4) is 0 Å². The molecule has 0 radical (unpaired) electrons. The number of hydrogen-bond acceptors (Lipinski definition) is 1. The second-order valence-corrected chi connectivity index (χ2v) is 17.6. The third kappa shape index (κ3) is 5.73. The van der Waals surface area contributed by atoms with Gasteiger partial charge in [0.2, 0.25) is 0 Å². The summed E-state index contributed by atoms with van der Waals surface area (Å²) in [7, 11) is 0. The van der Waals surface area contributed by atoms with Crippen molar-refractivity contribution in [2.75, 3.05) is 4.90 Å². The highest BCUT2D eigenvalue weighted by molar-refractivity contribution is 6.13. The smallest absolute Gasteiger partial charge is 0.0714 e. The van der Waals surface area contributed by atoms with Crippen LogP contribution in [0.5, 0.6) is 0 Å². The molecule has 1 nitrogen and oxygen atoms in total. The van der Waals surface area contributed by atoms with E-state index in [2.05, 4.69) is 267 Å². The number of benzene rings is 10. The van der Waals surface area contributed by atoms with E-state index in [9.17, 15) is 0 Å². The molecule has 0 saturated carbocycles. The molecular formula is C65H47N. The monoisotopic (exact) mass is 841 g/mol. The quantitative estimate of drug-likeness (QED) is 0.103. The SMILES string of the molecule is C=C(/C=C\C=C/C)C1(c2ccccc2)c2ccccc2-c2ccc(N(c3ccc4c(c3)C(c3ccccc3)(c3ccccc3)c3ccccc3-4)c3cccc4c3ccc3ccccc34)cc21. The normalized spacial score (nSPS) is 15.5. The van der Waals surface area contributed by atoms with Gasteiger partial charge in [0.15, 0.2) is 0 Å². The molecule has 0 amide bonds. The summed E-state index contributed by atoms with van der Waals surface area (Å²) in [5, 5.41) is 4.88. The molecule has 1 heteroatoms. The third-order valence-corrected chi connectivity index (χ3v) is 14.3. The molecule has 0 fully saturated rings. The molecule has 10 aromatic carbocycles. The molecular weight excluding hydrogens is 795 g/mol. The van der Waals surface area contributed by atoms with Crippen molar-refractivity contribution in [3.8, 4) is 22.3 Å². The van der Waals surface area contributed by atoms with Gasteiger partial charge in [0.05, 0.1) is 16.5 Å². The molecule has 12 rings (SSSR count). The number of fused-ring (bicyclic) bond motifs is 9. The molecule has 66 heavy (non-hydrogen) atoms. The lowest BCUT2D eigenvalue weighted by atomic mass is 9.67. The van der Waals surface area contributed by atoms with Crippen LogP contribution < -0.4 is 4.90 Å². The van der Waals surface area contributed by atoms with Crippen molar-refractivity contribution in [2.24, 2.45) is 0 Å². The molecule has 0 aliphatic heterocycles. The standard InChI is InChI=1S/C65H47N/c1-3-4-8-22-45(2)64(47-24-9-5-10-25-47)59-34-19-17-31-54(59)56-41-38-50(43-61(56)64)66(63-36-21-33-53-52-30-16-15-23-46(52)37-40-58(53)63)51-39-42-57-55-32-18-20-35-60(55)65(62(57)44-51,48-26-11-6-12-27-48)49-28-13-7-14-29-49/h3-44H,2H2,1H3/b4-3-,22-8-. The molecule has 312 valence electrons.